The van der Waals surface area contributed by atoms with Crippen LogP contribution in [0.25, 0.3) is 10.9 Å². The molecule has 1 aromatic heterocycles. The topological polar surface area (TPSA) is 77.5 Å². The van der Waals surface area contributed by atoms with Crippen molar-refractivity contribution in [3.8, 4) is 5.75 Å². The number of hydrogen-bond donors (Lipinski definition) is 3. The molecule has 0 aliphatic heterocycles. The van der Waals surface area contributed by atoms with Crippen molar-refractivity contribution in [2.24, 2.45) is 5.10 Å². The van der Waals surface area contributed by atoms with Crippen LogP contribution in [-0.2, 0) is 11.2 Å². The second-order valence-electron chi connectivity index (χ2n) is 5.04. The summed E-state index contributed by atoms with van der Waals surface area (Å²) in [5.41, 5.74) is 5.21. The molecule has 23 heavy (non-hydrogen) atoms. The minimum Gasteiger partial charge on any atom is -0.507 e. The fourth-order valence-electron chi connectivity index (χ4n) is 2.27. The lowest BCUT2D eigenvalue weighted by Crippen LogP contribution is -2.19. The molecular formula is C17H14BrN3O2. The molecule has 0 bridgehead atoms. The monoisotopic (exact) mass is 371 g/mol. The summed E-state index contributed by atoms with van der Waals surface area (Å²) in [7, 11) is 0. The Bertz CT molecular complexity index is 886. The Morgan fingerprint density at radius 1 is 1.30 bits per heavy atom. The van der Waals surface area contributed by atoms with E-state index in [1.54, 1.807) is 18.2 Å². The second kappa shape index (κ2) is 6.66. The Labute approximate surface area is 141 Å². The van der Waals surface area contributed by atoms with Crippen LogP contribution in [-0.4, -0.2) is 22.2 Å². The minimum absolute atomic E-state index is 0.158. The zero-order chi connectivity index (χ0) is 16.2. The van der Waals surface area contributed by atoms with Crippen molar-refractivity contribution in [1.82, 2.24) is 10.4 Å². The summed E-state index contributed by atoms with van der Waals surface area (Å²) in [6.45, 7) is 0. The highest BCUT2D eigenvalue weighted by atomic mass is 79.9. The standard InChI is InChI=1S/C17H14BrN3O2/c18-14-7-11(5-6-16(14)22)9-20-21-17(23)8-12-10-19-15-4-2-1-3-13(12)15/h1-7,9-10,19,22H,8H2,(H,21,23)/b20-9+. The Balaban J connectivity index is 1.63. The van der Waals surface area contributed by atoms with Gasteiger partial charge in [-0.1, -0.05) is 18.2 Å². The van der Waals surface area contributed by atoms with E-state index < -0.39 is 0 Å². The van der Waals surface area contributed by atoms with Crippen LogP contribution in [0, 0.1) is 0 Å². The molecule has 0 aliphatic carbocycles. The van der Waals surface area contributed by atoms with E-state index in [-0.39, 0.29) is 18.1 Å². The SMILES string of the molecule is O=C(Cc1c[nH]c2ccccc12)N/N=C/c1ccc(O)c(Br)c1. The van der Waals surface area contributed by atoms with Crippen molar-refractivity contribution < 1.29 is 9.90 Å². The third-order valence-electron chi connectivity index (χ3n) is 3.40. The number of rotatable bonds is 4. The summed E-state index contributed by atoms with van der Waals surface area (Å²) in [5.74, 6) is -0.0330. The van der Waals surface area contributed by atoms with Crippen molar-refractivity contribution in [2.75, 3.05) is 0 Å². The van der Waals surface area contributed by atoms with Crippen LogP contribution in [0.15, 0.2) is 58.2 Å². The summed E-state index contributed by atoms with van der Waals surface area (Å²) in [6, 6.07) is 12.8. The van der Waals surface area contributed by atoms with Gasteiger partial charge in [0.05, 0.1) is 17.1 Å². The number of hydrogen-bond acceptors (Lipinski definition) is 3. The number of carbonyl (C=O) groups is 1. The molecule has 0 radical (unpaired) electrons. The third-order valence-corrected chi connectivity index (χ3v) is 4.04. The average Bonchev–Trinajstić information content (AvgIpc) is 2.94. The lowest BCUT2D eigenvalue weighted by Gasteiger charge is -2.00. The molecule has 1 heterocycles. The highest BCUT2D eigenvalue weighted by molar-refractivity contribution is 9.10. The first-order valence-electron chi connectivity index (χ1n) is 6.99. The van der Waals surface area contributed by atoms with Gasteiger partial charge in [0.1, 0.15) is 5.75 Å². The third kappa shape index (κ3) is 3.60. The maximum atomic E-state index is 12.0. The zero-order valence-electron chi connectivity index (χ0n) is 12.1. The van der Waals surface area contributed by atoms with Gasteiger partial charge in [-0.2, -0.15) is 5.10 Å². The molecule has 0 spiro atoms. The molecule has 0 fully saturated rings. The van der Waals surface area contributed by atoms with Crippen LogP contribution in [0.4, 0.5) is 0 Å². The smallest absolute Gasteiger partial charge is 0.244 e. The number of phenols is 1. The number of aromatic nitrogens is 1. The maximum Gasteiger partial charge on any atom is 0.244 e. The molecule has 116 valence electrons. The lowest BCUT2D eigenvalue weighted by molar-refractivity contribution is -0.120. The number of para-hydroxylation sites is 1. The van der Waals surface area contributed by atoms with Gasteiger partial charge in [-0.3, -0.25) is 4.79 Å². The van der Waals surface area contributed by atoms with Gasteiger partial charge in [-0.05, 0) is 51.3 Å². The molecule has 3 N–H and O–H groups in total. The molecule has 0 aliphatic rings. The summed E-state index contributed by atoms with van der Waals surface area (Å²) < 4.78 is 0.576. The number of benzene rings is 2. The fourth-order valence-corrected chi connectivity index (χ4v) is 2.67. The van der Waals surface area contributed by atoms with E-state index in [0.29, 0.717) is 4.47 Å². The molecule has 0 unspecified atom stereocenters. The maximum absolute atomic E-state index is 12.0. The number of aromatic hydroxyl groups is 1. The van der Waals surface area contributed by atoms with Gasteiger partial charge in [0.25, 0.3) is 0 Å². The van der Waals surface area contributed by atoms with Gasteiger partial charge in [0.15, 0.2) is 0 Å². The van der Waals surface area contributed by atoms with Crippen LogP contribution >= 0.6 is 15.9 Å². The average molecular weight is 372 g/mol. The molecule has 1 amide bonds. The number of aromatic amines is 1. The van der Waals surface area contributed by atoms with Gasteiger partial charge in [-0.15, -0.1) is 0 Å². The predicted octanol–water partition coefficient (Wildman–Crippen LogP) is 3.33. The number of amides is 1. The Kier molecular flexibility index (Phi) is 4.43. The molecular weight excluding hydrogens is 358 g/mol. The van der Waals surface area contributed by atoms with Crippen LogP contribution < -0.4 is 5.43 Å². The number of hydrazone groups is 1. The largest absolute Gasteiger partial charge is 0.507 e. The molecule has 3 rings (SSSR count). The highest BCUT2D eigenvalue weighted by Crippen LogP contribution is 2.23. The Morgan fingerprint density at radius 3 is 2.96 bits per heavy atom. The van der Waals surface area contributed by atoms with Crippen molar-refractivity contribution in [3.05, 3.63) is 64.3 Å². The van der Waals surface area contributed by atoms with Crippen LogP contribution in [0.3, 0.4) is 0 Å². The lowest BCUT2D eigenvalue weighted by atomic mass is 10.1. The van der Waals surface area contributed by atoms with Crippen molar-refractivity contribution >= 4 is 39.0 Å². The molecule has 5 nitrogen and oxygen atoms in total. The number of H-pyrrole nitrogens is 1. The van der Waals surface area contributed by atoms with Crippen LogP contribution in [0.2, 0.25) is 0 Å². The van der Waals surface area contributed by atoms with Crippen molar-refractivity contribution in [1.29, 1.82) is 0 Å². The number of halogens is 1. The van der Waals surface area contributed by atoms with Gasteiger partial charge in [0, 0.05) is 17.1 Å². The first kappa shape index (κ1) is 15.3. The van der Waals surface area contributed by atoms with E-state index in [4.69, 9.17) is 0 Å². The van der Waals surface area contributed by atoms with Gasteiger partial charge < -0.3 is 10.1 Å². The fraction of sp³-hybridized carbons (Fsp3) is 0.0588. The van der Waals surface area contributed by atoms with E-state index in [1.165, 1.54) is 6.21 Å². The quantitative estimate of drug-likeness (QED) is 0.485. The van der Waals surface area contributed by atoms with E-state index in [1.807, 2.05) is 30.5 Å². The summed E-state index contributed by atoms with van der Waals surface area (Å²) in [6.07, 6.45) is 3.61. The molecule has 0 atom stereocenters. The first-order valence-corrected chi connectivity index (χ1v) is 7.78. The normalized spacial score (nSPS) is 11.2. The molecule has 2 aromatic carbocycles. The highest BCUT2D eigenvalue weighted by Gasteiger charge is 2.07. The van der Waals surface area contributed by atoms with Crippen LogP contribution in [0.1, 0.15) is 11.1 Å². The zero-order valence-corrected chi connectivity index (χ0v) is 13.7. The number of nitrogens with zero attached hydrogens (tertiary/aromatic N) is 1. The summed E-state index contributed by atoms with van der Waals surface area (Å²) in [4.78, 5) is 15.1. The first-order chi connectivity index (χ1) is 11.1. The minimum atomic E-state index is -0.191. The van der Waals surface area contributed by atoms with Gasteiger partial charge >= 0.3 is 0 Å². The molecule has 0 saturated heterocycles. The van der Waals surface area contributed by atoms with Crippen LogP contribution in [0.5, 0.6) is 5.75 Å². The number of phenolic OH excluding ortho intramolecular Hbond substituents is 1. The second-order valence-corrected chi connectivity index (χ2v) is 5.89. The number of carbonyl (C=O) groups excluding carboxylic acids is 1. The van der Waals surface area contributed by atoms with Gasteiger partial charge in [-0.25, -0.2) is 5.43 Å². The molecule has 0 saturated carbocycles. The van der Waals surface area contributed by atoms with Crippen molar-refractivity contribution in [3.63, 3.8) is 0 Å². The van der Waals surface area contributed by atoms with E-state index in [9.17, 15) is 9.90 Å². The summed E-state index contributed by atoms with van der Waals surface area (Å²) >= 11 is 3.23. The number of nitrogens with one attached hydrogen (secondary N) is 2. The molecule has 3 aromatic rings. The predicted molar refractivity (Wildman–Crippen MR) is 93.5 cm³/mol. The van der Waals surface area contributed by atoms with Gasteiger partial charge in [0.2, 0.25) is 5.91 Å². The van der Waals surface area contributed by atoms with E-state index in [0.717, 1.165) is 22.0 Å². The van der Waals surface area contributed by atoms with Crippen molar-refractivity contribution in [2.45, 2.75) is 6.42 Å². The summed E-state index contributed by atoms with van der Waals surface area (Å²) in [5, 5.41) is 14.4. The molecule has 6 heteroatoms. The number of fused-ring (bicyclic) bond motifs is 1. The Hall–Kier alpha value is -2.60. The van der Waals surface area contributed by atoms with E-state index in [2.05, 4.69) is 31.4 Å². The Morgan fingerprint density at radius 2 is 2.13 bits per heavy atom. The van der Waals surface area contributed by atoms with E-state index >= 15 is 0 Å².